The number of anilines is 1. The summed E-state index contributed by atoms with van der Waals surface area (Å²) in [5, 5.41) is 8.85. The fraction of sp³-hybridized carbons (Fsp3) is 0.545. The monoisotopic (exact) mass is 220 g/mol. The second-order valence-electron chi connectivity index (χ2n) is 3.39. The van der Waals surface area contributed by atoms with Gasteiger partial charge in [0.1, 0.15) is 23.6 Å². The van der Waals surface area contributed by atoms with Crippen LogP contribution in [-0.2, 0) is 4.74 Å². The minimum atomic E-state index is -0.154. The Morgan fingerprint density at radius 1 is 1.44 bits per heavy atom. The van der Waals surface area contributed by atoms with Crippen molar-refractivity contribution < 1.29 is 4.74 Å². The minimum Gasteiger partial charge on any atom is -0.382 e. The quantitative estimate of drug-likeness (QED) is 0.835. The smallest absolute Gasteiger partial charge is 0.159 e. The zero-order chi connectivity index (χ0) is 12.1. The average Bonchev–Trinajstić information content (AvgIpc) is 2.25. The van der Waals surface area contributed by atoms with Crippen molar-refractivity contribution in [3.05, 3.63) is 17.1 Å². The molecule has 0 aliphatic heterocycles. The lowest BCUT2D eigenvalue weighted by Gasteiger charge is -2.14. The lowest BCUT2D eigenvalue weighted by atomic mass is 10.2. The van der Waals surface area contributed by atoms with Crippen molar-refractivity contribution in [3.63, 3.8) is 0 Å². The lowest BCUT2D eigenvalue weighted by molar-refractivity contribution is 0.0534. The molecule has 0 aromatic carbocycles. The molecule has 1 aromatic heterocycles. The Bertz CT molecular complexity index is 388. The van der Waals surface area contributed by atoms with Gasteiger partial charge in [0.05, 0.1) is 5.69 Å². The van der Waals surface area contributed by atoms with E-state index < -0.39 is 0 Å². The highest BCUT2D eigenvalue weighted by Gasteiger charge is 2.16. The maximum Gasteiger partial charge on any atom is 0.159 e. The van der Waals surface area contributed by atoms with Crippen LogP contribution in [0.25, 0.3) is 0 Å². The molecule has 1 aromatic rings. The van der Waals surface area contributed by atoms with E-state index in [9.17, 15) is 0 Å². The first-order valence-electron chi connectivity index (χ1n) is 5.29. The van der Waals surface area contributed by atoms with Crippen molar-refractivity contribution in [1.82, 2.24) is 9.97 Å². The molecule has 0 fully saturated rings. The van der Waals surface area contributed by atoms with Crippen LogP contribution in [0.3, 0.4) is 0 Å². The number of aromatic nitrogens is 2. The highest BCUT2D eigenvalue weighted by molar-refractivity contribution is 5.50. The van der Waals surface area contributed by atoms with Crippen LogP contribution in [0, 0.1) is 18.3 Å². The van der Waals surface area contributed by atoms with E-state index in [-0.39, 0.29) is 11.9 Å². The first-order valence-corrected chi connectivity index (χ1v) is 5.29. The third kappa shape index (κ3) is 2.47. The van der Waals surface area contributed by atoms with Gasteiger partial charge in [0.2, 0.25) is 0 Å². The molecule has 16 heavy (non-hydrogen) atoms. The molecular weight excluding hydrogens is 204 g/mol. The van der Waals surface area contributed by atoms with Crippen LogP contribution in [0.2, 0.25) is 0 Å². The van der Waals surface area contributed by atoms with E-state index in [0.29, 0.717) is 23.7 Å². The van der Waals surface area contributed by atoms with Gasteiger partial charge in [0.15, 0.2) is 5.82 Å². The molecule has 0 saturated heterocycles. The van der Waals surface area contributed by atoms with Gasteiger partial charge in [0.25, 0.3) is 0 Å². The molecule has 0 saturated carbocycles. The summed E-state index contributed by atoms with van der Waals surface area (Å²) in [5.41, 5.74) is 6.64. The molecule has 5 nitrogen and oxygen atoms in total. The Morgan fingerprint density at radius 3 is 2.56 bits per heavy atom. The minimum absolute atomic E-state index is 0.154. The lowest BCUT2D eigenvalue weighted by Crippen LogP contribution is -2.12. The molecule has 0 spiro atoms. The number of rotatable bonds is 4. The predicted molar refractivity (Wildman–Crippen MR) is 60.6 cm³/mol. The van der Waals surface area contributed by atoms with Crippen LogP contribution in [0.5, 0.6) is 0 Å². The largest absolute Gasteiger partial charge is 0.382 e. The van der Waals surface area contributed by atoms with Crippen LogP contribution < -0.4 is 5.73 Å². The Labute approximate surface area is 95.3 Å². The number of nitrogens with two attached hydrogens (primary N) is 1. The normalized spacial score (nSPS) is 12.1. The number of nitrogen functional groups attached to an aromatic ring is 1. The van der Waals surface area contributed by atoms with Gasteiger partial charge in [0, 0.05) is 6.61 Å². The highest BCUT2D eigenvalue weighted by atomic mass is 16.5. The maximum atomic E-state index is 8.85. The number of nitrogens with zero attached hydrogens (tertiary/aromatic N) is 3. The van der Waals surface area contributed by atoms with E-state index in [1.807, 2.05) is 19.9 Å². The molecule has 0 aliphatic carbocycles. The van der Waals surface area contributed by atoms with Gasteiger partial charge >= 0.3 is 0 Å². The first-order chi connectivity index (χ1) is 7.63. The van der Waals surface area contributed by atoms with Crippen molar-refractivity contribution in [2.45, 2.75) is 33.3 Å². The van der Waals surface area contributed by atoms with E-state index in [0.717, 1.165) is 6.42 Å². The predicted octanol–water partition coefficient (Wildman–Crippen LogP) is 1.73. The molecule has 0 amide bonds. The van der Waals surface area contributed by atoms with Crippen LogP contribution in [0.1, 0.15) is 43.5 Å². The van der Waals surface area contributed by atoms with Crippen molar-refractivity contribution in [2.75, 3.05) is 12.3 Å². The topological polar surface area (TPSA) is 84.8 Å². The van der Waals surface area contributed by atoms with Gasteiger partial charge in [-0.25, -0.2) is 9.97 Å². The number of hydrogen-bond donors (Lipinski definition) is 1. The molecular formula is C11H16N4O. The van der Waals surface area contributed by atoms with Gasteiger partial charge < -0.3 is 10.5 Å². The zero-order valence-electron chi connectivity index (χ0n) is 9.82. The summed E-state index contributed by atoms with van der Waals surface area (Å²) in [7, 11) is 0. The van der Waals surface area contributed by atoms with Crippen molar-refractivity contribution in [1.29, 1.82) is 5.26 Å². The molecule has 0 aliphatic rings. The first kappa shape index (κ1) is 12.4. The summed E-state index contributed by atoms with van der Waals surface area (Å²) < 4.78 is 5.50. The molecule has 0 bridgehead atoms. The number of nitriles is 1. The van der Waals surface area contributed by atoms with Crippen molar-refractivity contribution >= 4 is 5.82 Å². The molecule has 1 atom stereocenters. The summed E-state index contributed by atoms with van der Waals surface area (Å²) >= 11 is 0. The van der Waals surface area contributed by atoms with Gasteiger partial charge in [-0.1, -0.05) is 6.92 Å². The van der Waals surface area contributed by atoms with E-state index in [1.54, 1.807) is 6.92 Å². The van der Waals surface area contributed by atoms with Crippen LogP contribution in [0.15, 0.2) is 0 Å². The summed E-state index contributed by atoms with van der Waals surface area (Å²) in [6, 6.07) is 1.99. The summed E-state index contributed by atoms with van der Waals surface area (Å²) in [6.07, 6.45) is 0.622. The Kier molecular flexibility index (Phi) is 4.20. The second-order valence-corrected chi connectivity index (χ2v) is 3.39. The summed E-state index contributed by atoms with van der Waals surface area (Å²) in [4.78, 5) is 8.37. The third-order valence-corrected chi connectivity index (χ3v) is 2.27. The number of ether oxygens (including phenoxy) is 1. The van der Waals surface area contributed by atoms with E-state index in [2.05, 4.69) is 9.97 Å². The molecule has 86 valence electrons. The fourth-order valence-corrected chi connectivity index (χ4v) is 1.48. The van der Waals surface area contributed by atoms with Gasteiger partial charge in [-0.2, -0.15) is 5.26 Å². The molecule has 0 radical (unpaired) electrons. The maximum absolute atomic E-state index is 8.85. The van der Waals surface area contributed by atoms with E-state index >= 15 is 0 Å². The van der Waals surface area contributed by atoms with Crippen molar-refractivity contribution in [2.24, 2.45) is 0 Å². The Morgan fingerprint density at radius 2 is 2.12 bits per heavy atom. The van der Waals surface area contributed by atoms with E-state index in [1.165, 1.54) is 0 Å². The third-order valence-electron chi connectivity index (χ3n) is 2.27. The second kappa shape index (κ2) is 5.42. The molecule has 1 unspecified atom stereocenters. The number of aryl methyl sites for hydroxylation is 1. The number of hydrogen-bond acceptors (Lipinski definition) is 5. The summed E-state index contributed by atoms with van der Waals surface area (Å²) in [5.74, 6) is 0.779. The molecule has 1 heterocycles. The highest BCUT2D eigenvalue weighted by Crippen LogP contribution is 2.20. The Balaban J connectivity index is 3.12. The SMILES string of the molecule is CCOC(CC)c1nc(C)c(C#N)c(N)n1. The van der Waals surface area contributed by atoms with Crippen LogP contribution in [0.4, 0.5) is 5.82 Å². The van der Waals surface area contributed by atoms with Gasteiger partial charge in [-0.3, -0.25) is 0 Å². The van der Waals surface area contributed by atoms with Crippen LogP contribution >= 0.6 is 0 Å². The molecule has 5 heteroatoms. The van der Waals surface area contributed by atoms with Crippen molar-refractivity contribution in [3.8, 4) is 6.07 Å². The average molecular weight is 220 g/mol. The summed E-state index contributed by atoms with van der Waals surface area (Å²) in [6.45, 7) is 6.26. The van der Waals surface area contributed by atoms with Crippen LogP contribution in [-0.4, -0.2) is 16.6 Å². The standard InChI is InChI=1S/C11H16N4O/c1-4-9(16-5-2)11-14-7(3)8(6-12)10(13)15-11/h9H,4-5H2,1-3H3,(H2,13,14,15). The van der Waals surface area contributed by atoms with E-state index in [4.69, 9.17) is 15.7 Å². The van der Waals surface area contributed by atoms with Gasteiger partial charge in [-0.15, -0.1) is 0 Å². The molecule has 1 rings (SSSR count). The zero-order valence-corrected chi connectivity index (χ0v) is 9.82. The van der Waals surface area contributed by atoms with Gasteiger partial charge in [-0.05, 0) is 20.3 Å². The Hall–Kier alpha value is -1.67. The fourth-order valence-electron chi connectivity index (χ4n) is 1.48. The molecule has 2 N–H and O–H groups in total.